The Balaban J connectivity index is 1.92. The third-order valence-electron chi connectivity index (χ3n) is 1.62. The number of ether oxygens (including phenoxy) is 1. The highest BCUT2D eigenvalue weighted by Crippen LogP contribution is 2.24. The van der Waals surface area contributed by atoms with E-state index in [1.165, 1.54) is 23.1 Å². The van der Waals surface area contributed by atoms with Gasteiger partial charge in [0.05, 0.1) is 12.4 Å². The van der Waals surface area contributed by atoms with Gasteiger partial charge in [0.25, 0.3) is 5.19 Å². The molecule has 0 saturated carbocycles. The van der Waals surface area contributed by atoms with Crippen LogP contribution < -0.4 is 4.74 Å². The Kier molecular flexibility index (Phi) is 3.67. The second kappa shape index (κ2) is 5.21. The summed E-state index contributed by atoms with van der Waals surface area (Å²) in [7, 11) is 1.80. The number of aryl methyl sites for hydroxylation is 1. The smallest absolute Gasteiger partial charge is 0.294 e. The molecule has 0 atom stereocenters. The molecule has 0 saturated heterocycles. The van der Waals surface area contributed by atoms with Crippen LogP contribution in [0, 0.1) is 0 Å². The van der Waals surface area contributed by atoms with Crippen molar-refractivity contribution in [3.8, 4) is 5.19 Å². The number of nitrogens with zero attached hydrogens (tertiary/aromatic N) is 6. The van der Waals surface area contributed by atoms with Crippen molar-refractivity contribution in [2.75, 3.05) is 6.61 Å². The molecule has 2 aromatic rings. The first-order valence-corrected chi connectivity index (χ1v) is 6.40. The molecule has 0 spiro atoms. The lowest BCUT2D eigenvalue weighted by molar-refractivity contribution is 0.335. The van der Waals surface area contributed by atoms with E-state index in [-0.39, 0.29) is 0 Å². The Bertz CT molecular complexity index is 455. The van der Waals surface area contributed by atoms with E-state index in [1.54, 1.807) is 11.7 Å². The Morgan fingerprint density at radius 2 is 2.25 bits per heavy atom. The summed E-state index contributed by atoms with van der Waals surface area (Å²) in [6.45, 7) is 2.52. The van der Waals surface area contributed by atoms with Crippen LogP contribution in [0.3, 0.4) is 0 Å². The van der Waals surface area contributed by atoms with Crippen molar-refractivity contribution in [3.05, 3.63) is 5.01 Å². The molecular formula is C7H10N6OS2. The van der Waals surface area contributed by atoms with E-state index in [0.29, 0.717) is 17.6 Å². The first-order chi connectivity index (χ1) is 7.79. The lowest BCUT2D eigenvalue weighted by atomic mass is 10.9. The van der Waals surface area contributed by atoms with Crippen LogP contribution in [0.1, 0.15) is 11.9 Å². The van der Waals surface area contributed by atoms with Gasteiger partial charge in [-0.2, -0.15) is 0 Å². The molecule has 0 fully saturated rings. The van der Waals surface area contributed by atoms with Gasteiger partial charge in [-0.3, -0.25) is 0 Å². The van der Waals surface area contributed by atoms with E-state index in [1.807, 2.05) is 6.92 Å². The highest BCUT2D eigenvalue weighted by molar-refractivity contribution is 7.98. The molecule has 0 aliphatic rings. The van der Waals surface area contributed by atoms with Crippen molar-refractivity contribution < 1.29 is 4.74 Å². The Morgan fingerprint density at radius 1 is 1.38 bits per heavy atom. The lowest BCUT2D eigenvalue weighted by Gasteiger charge is -1.94. The Hall–Kier alpha value is -1.22. The molecule has 0 bridgehead atoms. The highest BCUT2D eigenvalue weighted by Gasteiger charge is 2.08. The zero-order valence-corrected chi connectivity index (χ0v) is 10.5. The van der Waals surface area contributed by atoms with Gasteiger partial charge in [0.1, 0.15) is 5.01 Å². The maximum atomic E-state index is 5.24. The summed E-state index contributed by atoms with van der Waals surface area (Å²) in [6.07, 6.45) is 0. The van der Waals surface area contributed by atoms with Crippen molar-refractivity contribution in [1.29, 1.82) is 0 Å². The molecule has 0 radical (unpaired) electrons. The van der Waals surface area contributed by atoms with Gasteiger partial charge >= 0.3 is 0 Å². The van der Waals surface area contributed by atoms with Crippen molar-refractivity contribution in [1.82, 2.24) is 30.4 Å². The highest BCUT2D eigenvalue weighted by atomic mass is 32.2. The fraction of sp³-hybridized carbons (Fsp3) is 0.571. The SMILES string of the molecule is CCOc1nnc(CSc2nnnn2C)s1. The van der Waals surface area contributed by atoms with E-state index >= 15 is 0 Å². The average Bonchev–Trinajstić information content (AvgIpc) is 2.86. The van der Waals surface area contributed by atoms with E-state index < -0.39 is 0 Å². The topological polar surface area (TPSA) is 78.6 Å². The van der Waals surface area contributed by atoms with Crippen molar-refractivity contribution in [2.24, 2.45) is 7.05 Å². The van der Waals surface area contributed by atoms with Crippen molar-refractivity contribution >= 4 is 23.1 Å². The molecule has 7 nitrogen and oxygen atoms in total. The summed E-state index contributed by atoms with van der Waals surface area (Å²) in [5.41, 5.74) is 0. The quantitative estimate of drug-likeness (QED) is 0.732. The summed E-state index contributed by atoms with van der Waals surface area (Å²) in [5.74, 6) is 0.693. The standard InChI is InChI=1S/C7H10N6OS2/c1-3-14-7-10-8-5(16-7)4-15-6-9-11-12-13(6)2/h3-4H2,1-2H3. The first-order valence-electron chi connectivity index (χ1n) is 4.60. The maximum Gasteiger partial charge on any atom is 0.294 e. The molecule has 2 rings (SSSR count). The van der Waals surface area contributed by atoms with Crippen LogP contribution in [0.25, 0.3) is 0 Å². The van der Waals surface area contributed by atoms with Crippen LogP contribution in [0.5, 0.6) is 5.19 Å². The van der Waals surface area contributed by atoms with Gasteiger partial charge in [0.15, 0.2) is 0 Å². The number of thioether (sulfide) groups is 1. The summed E-state index contributed by atoms with van der Waals surface area (Å²) in [4.78, 5) is 0. The lowest BCUT2D eigenvalue weighted by Crippen LogP contribution is -1.93. The summed E-state index contributed by atoms with van der Waals surface area (Å²) in [6, 6.07) is 0. The zero-order valence-electron chi connectivity index (χ0n) is 8.82. The van der Waals surface area contributed by atoms with Crippen LogP contribution in [0.4, 0.5) is 0 Å². The molecule has 0 N–H and O–H groups in total. The van der Waals surface area contributed by atoms with Gasteiger partial charge in [-0.1, -0.05) is 23.1 Å². The van der Waals surface area contributed by atoms with E-state index in [4.69, 9.17) is 4.74 Å². The normalized spacial score (nSPS) is 10.6. The molecule has 0 aliphatic heterocycles. The number of hydrogen-bond donors (Lipinski definition) is 0. The molecule has 86 valence electrons. The van der Waals surface area contributed by atoms with Crippen molar-refractivity contribution in [2.45, 2.75) is 17.8 Å². The van der Waals surface area contributed by atoms with E-state index in [0.717, 1.165) is 10.2 Å². The van der Waals surface area contributed by atoms with Crippen molar-refractivity contribution in [3.63, 3.8) is 0 Å². The van der Waals surface area contributed by atoms with E-state index in [2.05, 4.69) is 25.7 Å². The fourth-order valence-electron chi connectivity index (χ4n) is 0.948. The second-order valence-corrected chi connectivity index (χ2v) is 4.74. The molecular weight excluding hydrogens is 248 g/mol. The molecule has 16 heavy (non-hydrogen) atoms. The van der Waals surface area contributed by atoms with Crippen LogP contribution in [0.15, 0.2) is 5.16 Å². The molecule has 9 heteroatoms. The minimum absolute atomic E-state index is 0.606. The third-order valence-corrected chi connectivity index (χ3v) is 3.66. The number of tetrazole rings is 1. The summed E-state index contributed by atoms with van der Waals surface area (Å²) >= 11 is 2.96. The van der Waals surface area contributed by atoms with Gasteiger partial charge in [0, 0.05) is 7.05 Å². The minimum atomic E-state index is 0.606. The van der Waals surface area contributed by atoms with Gasteiger partial charge in [-0.25, -0.2) is 4.68 Å². The van der Waals surface area contributed by atoms with Gasteiger partial charge in [-0.15, -0.1) is 15.3 Å². The largest absolute Gasteiger partial charge is 0.469 e. The molecule has 2 heterocycles. The van der Waals surface area contributed by atoms with Gasteiger partial charge in [0.2, 0.25) is 5.16 Å². The minimum Gasteiger partial charge on any atom is -0.469 e. The Morgan fingerprint density at radius 3 is 2.94 bits per heavy atom. The van der Waals surface area contributed by atoms with Crippen LogP contribution in [0.2, 0.25) is 0 Å². The third kappa shape index (κ3) is 2.67. The van der Waals surface area contributed by atoms with Crippen LogP contribution >= 0.6 is 23.1 Å². The fourth-order valence-corrected chi connectivity index (χ4v) is 2.53. The second-order valence-electron chi connectivity index (χ2n) is 2.77. The van der Waals surface area contributed by atoms with E-state index in [9.17, 15) is 0 Å². The predicted octanol–water partition coefficient (Wildman–Crippen LogP) is 0.753. The Labute approximate surface area is 100 Å². The van der Waals surface area contributed by atoms with Gasteiger partial charge < -0.3 is 4.74 Å². The molecule has 0 aliphatic carbocycles. The number of rotatable bonds is 5. The zero-order chi connectivity index (χ0) is 11.4. The van der Waals surface area contributed by atoms with Crippen LogP contribution in [-0.4, -0.2) is 37.0 Å². The number of aromatic nitrogens is 6. The predicted molar refractivity (Wildman–Crippen MR) is 59.4 cm³/mol. The summed E-state index contributed by atoms with van der Waals surface area (Å²) in [5, 5.41) is 21.3. The molecule has 0 amide bonds. The monoisotopic (exact) mass is 258 g/mol. The maximum absolute atomic E-state index is 5.24. The number of hydrogen-bond acceptors (Lipinski definition) is 8. The van der Waals surface area contributed by atoms with Gasteiger partial charge in [-0.05, 0) is 17.4 Å². The molecule has 0 aromatic carbocycles. The van der Waals surface area contributed by atoms with Crippen LogP contribution in [-0.2, 0) is 12.8 Å². The molecule has 0 unspecified atom stereocenters. The first kappa shape index (κ1) is 11.3. The summed E-state index contributed by atoms with van der Waals surface area (Å²) < 4.78 is 6.86. The molecule has 2 aromatic heterocycles. The average molecular weight is 258 g/mol.